The largest absolute Gasteiger partial charge is 0.507 e. The Labute approximate surface area is 104 Å². The highest BCUT2D eigenvalue weighted by Crippen LogP contribution is 2.20. The first-order valence-corrected chi connectivity index (χ1v) is 5.87. The zero-order valence-electron chi connectivity index (χ0n) is 9.78. The van der Waals surface area contributed by atoms with Gasteiger partial charge in [0.05, 0.1) is 5.56 Å². The SMILES string of the molecule is O=C1CCC(NC(=O)c2cc(F)ccc2O)CC1. The van der Waals surface area contributed by atoms with Gasteiger partial charge < -0.3 is 10.4 Å². The summed E-state index contributed by atoms with van der Waals surface area (Å²) in [7, 11) is 0. The summed E-state index contributed by atoms with van der Waals surface area (Å²) in [6, 6.07) is 3.15. The number of carbonyl (C=O) groups is 2. The van der Waals surface area contributed by atoms with Crippen LogP contribution in [0.2, 0.25) is 0 Å². The molecule has 1 aromatic rings. The van der Waals surface area contributed by atoms with Gasteiger partial charge in [-0.2, -0.15) is 0 Å². The molecule has 0 atom stereocenters. The van der Waals surface area contributed by atoms with Crippen LogP contribution in [-0.2, 0) is 4.79 Å². The number of rotatable bonds is 2. The molecule has 5 heteroatoms. The molecule has 18 heavy (non-hydrogen) atoms. The van der Waals surface area contributed by atoms with Crippen molar-refractivity contribution in [2.45, 2.75) is 31.7 Å². The molecule has 1 saturated carbocycles. The lowest BCUT2D eigenvalue weighted by molar-refractivity contribution is -0.120. The number of ketones is 1. The van der Waals surface area contributed by atoms with Crippen molar-refractivity contribution in [2.75, 3.05) is 0 Å². The summed E-state index contributed by atoms with van der Waals surface area (Å²) < 4.78 is 13.0. The number of Topliss-reactive ketones (excluding diaryl/α,β-unsaturated/α-hetero) is 1. The standard InChI is InChI=1S/C13H14FNO3/c14-8-1-6-12(17)11(7-8)13(18)15-9-2-4-10(16)5-3-9/h1,6-7,9,17H,2-5H2,(H,15,18). The maximum atomic E-state index is 13.0. The van der Waals surface area contributed by atoms with E-state index in [1.807, 2.05) is 0 Å². The molecule has 0 bridgehead atoms. The van der Waals surface area contributed by atoms with Crippen molar-refractivity contribution < 1.29 is 19.1 Å². The van der Waals surface area contributed by atoms with E-state index in [1.165, 1.54) is 0 Å². The summed E-state index contributed by atoms with van der Waals surface area (Å²) in [5.74, 6) is -1.13. The van der Waals surface area contributed by atoms with E-state index in [1.54, 1.807) is 0 Å². The minimum absolute atomic E-state index is 0.0769. The monoisotopic (exact) mass is 251 g/mol. The predicted molar refractivity (Wildman–Crippen MR) is 62.8 cm³/mol. The molecular weight excluding hydrogens is 237 g/mol. The van der Waals surface area contributed by atoms with Crippen LogP contribution in [-0.4, -0.2) is 22.8 Å². The molecule has 0 aliphatic heterocycles. The Morgan fingerprint density at radius 2 is 2.00 bits per heavy atom. The number of benzene rings is 1. The van der Waals surface area contributed by atoms with E-state index in [2.05, 4.69) is 5.32 Å². The number of amides is 1. The van der Waals surface area contributed by atoms with E-state index in [0.29, 0.717) is 25.7 Å². The Bertz CT molecular complexity index is 477. The van der Waals surface area contributed by atoms with E-state index in [0.717, 1.165) is 18.2 Å². The Hall–Kier alpha value is -1.91. The molecule has 2 rings (SSSR count). The van der Waals surface area contributed by atoms with Gasteiger partial charge in [-0.1, -0.05) is 0 Å². The van der Waals surface area contributed by atoms with Crippen LogP contribution in [0.3, 0.4) is 0 Å². The molecule has 0 saturated heterocycles. The third-order valence-electron chi connectivity index (χ3n) is 3.08. The zero-order chi connectivity index (χ0) is 13.1. The normalized spacial score (nSPS) is 16.6. The van der Waals surface area contributed by atoms with Gasteiger partial charge in [0, 0.05) is 18.9 Å². The van der Waals surface area contributed by atoms with Crippen LogP contribution in [0.4, 0.5) is 4.39 Å². The van der Waals surface area contributed by atoms with Crippen LogP contribution in [0.15, 0.2) is 18.2 Å². The highest BCUT2D eigenvalue weighted by Gasteiger charge is 2.22. The van der Waals surface area contributed by atoms with Crippen molar-refractivity contribution in [1.82, 2.24) is 5.32 Å². The number of hydrogen-bond donors (Lipinski definition) is 2. The summed E-state index contributed by atoms with van der Waals surface area (Å²) >= 11 is 0. The lowest BCUT2D eigenvalue weighted by Crippen LogP contribution is -2.37. The van der Waals surface area contributed by atoms with Crippen molar-refractivity contribution >= 4 is 11.7 Å². The fourth-order valence-corrected chi connectivity index (χ4v) is 2.04. The van der Waals surface area contributed by atoms with Crippen molar-refractivity contribution in [3.63, 3.8) is 0 Å². The minimum Gasteiger partial charge on any atom is -0.507 e. The Kier molecular flexibility index (Phi) is 3.60. The molecule has 0 aromatic heterocycles. The van der Waals surface area contributed by atoms with Gasteiger partial charge >= 0.3 is 0 Å². The van der Waals surface area contributed by atoms with E-state index in [4.69, 9.17) is 0 Å². The second-order valence-electron chi connectivity index (χ2n) is 4.45. The molecular formula is C13H14FNO3. The van der Waals surface area contributed by atoms with Gasteiger partial charge in [0.25, 0.3) is 5.91 Å². The first-order valence-electron chi connectivity index (χ1n) is 5.87. The van der Waals surface area contributed by atoms with Crippen LogP contribution in [0.25, 0.3) is 0 Å². The minimum atomic E-state index is -0.572. The molecule has 4 nitrogen and oxygen atoms in total. The van der Waals surface area contributed by atoms with Gasteiger partial charge in [-0.05, 0) is 31.0 Å². The van der Waals surface area contributed by atoms with E-state index in [-0.39, 0.29) is 23.1 Å². The highest BCUT2D eigenvalue weighted by atomic mass is 19.1. The maximum absolute atomic E-state index is 13.0. The van der Waals surface area contributed by atoms with Gasteiger partial charge in [-0.15, -0.1) is 0 Å². The number of hydrogen-bond acceptors (Lipinski definition) is 3. The molecule has 1 fully saturated rings. The van der Waals surface area contributed by atoms with Gasteiger partial charge in [0.15, 0.2) is 0 Å². The second kappa shape index (κ2) is 5.16. The summed E-state index contributed by atoms with van der Waals surface area (Å²) in [5.41, 5.74) is -0.0769. The highest BCUT2D eigenvalue weighted by molar-refractivity contribution is 5.97. The molecule has 0 spiro atoms. The second-order valence-corrected chi connectivity index (χ2v) is 4.45. The van der Waals surface area contributed by atoms with Gasteiger partial charge in [0.1, 0.15) is 17.3 Å². The van der Waals surface area contributed by atoms with Gasteiger partial charge in [-0.25, -0.2) is 4.39 Å². The molecule has 0 radical (unpaired) electrons. The molecule has 1 aliphatic rings. The van der Waals surface area contributed by atoms with Crippen molar-refractivity contribution in [1.29, 1.82) is 0 Å². The third kappa shape index (κ3) is 2.85. The lowest BCUT2D eigenvalue weighted by Gasteiger charge is -2.22. The Morgan fingerprint density at radius 1 is 1.33 bits per heavy atom. The molecule has 0 unspecified atom stereocenters. The Morgan fingerprint density at radius 3 is 2.67 bits per heavy atom. The van der Waals surface area contributed by atoms with E-state index >= 15 is 0 Å². The molecule has 1 aromatic carbocycles. The van der Waals surface area contributed by atoms with Gasteiger partial charge in [-0.3, -0.25) is 9.59 Å². The summed E-state index contributed by atoms with van der Waals surface area (Å²) in [6.45, 7) is 0. The average molecular weight is 251 g/mol. The number of phenols is 1. The van der Waals surface area contributed by atoms with E-state index < -0.39 is 11.7 Å². The average Bonchev–Trinajstić information content (AvgIpc) is 2.35. The smallest absolute Gasteiger partial charge is 0.255 e. The summed E-state index contributed by atoms with van der Waals surface area (Å²) in [5, 5.41) is 12.2. The van der Waals surface area contributed by atoms with E-state index in [9.17, 15) is 19.1 Å². The first kappa shape index (κ1) is 12.5. The number of halogens is 1. The van der Waals surface area contributed by atoms with Gasteiger partial charge in [0.2, 0.25) is 0 Å². The van der Waals surface area contributed by atoms with Crippen LogP contribution in [0.1, 0.15) is 36.0 Å². The number of phenolic OH excluding ortho intramolecular Hbond substituents is 1. The van der Waals surface area contributed by atoms with Crippen LogP contribution >= 0.6 is 0 Å². The fourth-order valence-electron chi connectivity index (χ4n) is 2.04. The van der Waals surface area contributed by atoms with Crippen molar-refractivity contribution in [3.05, 3.63) is 29.6 Å². The predicted octanol–water partition coefficient (Wildman–Crippen LogP) is 1.77. The number of carbonyl (C=O) groups excluding carboxylic acids is 2. The molecule has 1 aliphatic carbocycles. The summed E-state index contributed by atoms with van der Waals surface area (Å²) in [6.07, 6.45) is 2.11. The summed E-state index contributed by atoms with van der Waals surface area (Å²) in [4.78, 5) is 22.9. The van der Waals surface area contributed by atoms with Crippen molar-refractivity contribution in [3.8, 4) is 5.75 Å². The van der Waals surface area contributed by atoms with Crippen molar-refractivity contribution in [2.24, 2.45) is 0 Å². The number of nitrogens with one attached hydrogen (secondary N) is 1. The maximum Gasteiger partial charge on any atom is 0.255 e. The number of aromatic hydroxyl groups is 1. The third-order valence-corrected chi connectivity index (χ3v) is 3.08. The lowest BCUT2D eigenvalue weighted by atomic mass is 9.94. The Balaban J connectivity index is 2.03. The fraction of sp³-hybridized carbons (Fsp3) is 0.385. The zero-order valence-corrected chi connectivity index (χ0v) is 9.78. The quantitative estimate of drug-likeness (QED) is 0.841. The molecule has 0 heterocycles. The van der Waals surface area contributed by atoms with Crippen LogP contribution < -0.4 is 5.32 Å². The van der Waals surface area contributed by atoms with Crippen LogP contribution in [0, 0.1) is 5.82 Å². The topological polar surface area (TPSA) is 66.4 Å². The first-order chi connectivity index (χ1) is 8.56. The van der Waals surface area contributed by atoms with Crippen LogP contribution in [0.5, 0.6) is 5.75 Å². The molecule has 96 valence electrons. The molecule has 1 amide bonds. The molecule has 2 N–H and O–H groups in total.